The monoisotopic (exact) mass is 443 g/mol. The number of rotatable bonds is 8. The highest BCUT2D eigenvalue weighted by Gasteiger charge is 2.43. The smallest absolute Gasteiger partial charge is 0.221 e. The predicted molar refractivity (Wildman–Crippen MR) is 122 cm³/mol. The quantitative estimate of drug-likeness (QED) is 0.560. The van der Waals surface area contributed by atoms with Gasteiger partial charge in [-0.1, -0.05) is 12.1 Å². The van der Waals surface area contributed by atoms with Crippen molar-refractivity contribution in [1.29, 1.82) is 0 Å². The van der Waals surface area contributed by atoms with E-state index in [1.807, 2.05) is 30.8 Å². The molecule has 2 aliphatic rings. The summed E-state index contributed by atoms with van der Waals surface area (Å²) in [5.74, 6) is 2.33. The number of carbonyl (C=O) groups is 1. The largest absolute Gasteiger partial charge is 0.494 e. The van der Waals surface area contributed by atoms with Crippen LogP contribution in [0.2, 0.25) is 0 Å². The van der Waals surface area contributed by atoms with Gasteiger partial charge in [0.2, 0.25) is 5.91 Å². The molecule has 2 aromatic carbocycles. The van der Waals surface area contributed by atoms with E-state index in [9.17, 15) is 9.18 Å². The Labute approximate surface area is 187 Å². The molecule has 1 unspecified atom stereocenters. The SMILES string of the molecule is CCOc1ccc2c(c1)C(SCCC(=O)NCc1ccc(F)cc1)CC1(CCCC1)O2. The summed E-state index contributed by atoms with van der Waals surface area (Å²) in [7, 11) is 0. The van der Waals surface area contributed by atoms with Crippen molar-refractivity contribution >= 4 is 17.7 Å². The van der Waals surface area contributed by atoms with Crippen molar-refractivity contribution < 1.29 is 18.7 Å². The third-order valence-corrected chi connectivity index (χ3v) is 7.35. The number of hydrogen-bond acceptors (Lipinski definition) is 4. The average Bonchev–Trinajstić information content (AvgIpc) is 3.21. The van der Waals surface area contributed by atoms with Crippen molar-refractivity contribution in [2.75, 3.05) is 12.4 Å². The maximum Gasteiger partial charge on any atom is 0.221 e. The minimum atomic E-state index is -0.268. The van der Waals surface area contributed by atoms with Crippen LogP contribution in [0.25, 0.3) is 0 Å². The zero-order valence-electron chi connectivity index (χ0n) is 18.0. The van der Waals surface area contributed by atoms with Gasteiger partial charge in [0.25, 0.3) is 0 Å². The van der Waals surface area contributed by atoms with E-state index in [2.05, 4.69) is 11.4 Å². The van der Waals surface area contributed by atoms with Crippen molar-refractivity contribution in [1.82, 2.24) is 5.32 Å². The van der Waals surface area contributed by atoms with Gasteiger partial charge in [-0.3, -0.25) is 4.79 Å². The molecule has 6 heteroatoms. The molecule has 1 aliphatic carbocycles. The van der Waals surface area contributed by atoms with Crippen LogP contribution in [0.3, 0.4) is 0 Å². The van der Waals surface area contributed by atoms with Crippen LogP contribution in [0, 0.1) is 5.82 Å². The minimum Gasteiger partial charge on any atom is -0.494 e. The summed E-state index contributed by atoms with van der Waals surface area (Å²) in [6.45, 7) is 3.04. The van der Waals surface area contributed by atoms with Gasteiger partial charge < -0.3 is 14.8 Å². The Hall–Kier alpha value is -2.21. The molecule has 1 fully saturated rings. The Morgan fingerprint density at radius 3 is 2.74 bits per heavy atom. The molecule has 1 aliphatic heterocycles. The molecule has 1 amide bonds. The average molecular weight is 444 g/mol. The van der Waals surface area contributed by atoms with Gasteiger partial charge in [0.05, 0.1) is 6.61 Å². The summed E-state index contributed by atoms with van der Waals surface area (Å²) in [5, 5.41) is 3.23. The molecule has 0 radical (unpaired) electrons. The molecule has 1 saturated carbocycles. The van der Waals surface area contributed by atoms with Crippen LogP contribution >= 0.6 is 11.8 Å². The molecule has 166 valence electrons. The fourth-order valence-corrected chi connectivity index (χ4v) is 5.88. The van der Waals surface area contributed by atoms with Gasteiger partial charge in [-0.15, -0.1) is 0 Å². The second-order valence-electron chi connectivity index (χ2n) is 8.34. The molecule has 31 heavy (non-hydrogen) atoms. The van der Waals surface area contributed by atoms with Gasteiger partial charge in [0.15, 0.2) is 0 Å². The van der Waals surface area contributed by atoms with E-state index in [0.29, 0.717) is 24.8 Å². The highest BCUT2D eigenvalue weighted by molar-refractivity contribution is 7.99. The highest BCUT2D eigenvalue weighted by Crippen LogP contribution is 2.52. The molecule has 1 heterocycles. The van der Waals surface area contributed by atoms with E-state index >= 15 is 0 Å². The third-order valence-electron chi connectivity index (χ3n) is 6.09. The molecule has 1 spiro atoms. The third kappa shape index (κ3) is 5.53. The number of thioether (sulfide) groups is 1. The van der Waals surface area contributed by atoms with Crippen molar-refractivity contribution in [2.24, 2.45) is 0 Å². The Bertz CT molecular complexity index is 896. The predicted octanol–water partition coefficient (Wildman–Crippen LogP) is 5.80. The molecule has 2 aromatic rings. The zero-order chi connectivity index (χ0) is 21.7. The number of nitrogens with one attached hydrogen (secondary N) is 1. The lowest BCUT2D eigenvalue weighted by Gasteiger charge is -2.40. The van der Waals surface area contributed by atoms with Crippen LogP contribution < -0.4 is 14.8 Å². The van der Waals surface area contributed by atoms with E-state index in [4.69, 9.17) is 9.47 Å². The number of carbonyl (C=O) groups excluding carboxylic acids is 1. The molecule has 0 aromatic heterocycles. The Kier molecular flexibility index (Phi) is 7.06. The first-order valence-electron chi connectivity index (χ1n) is 11.2. The van der Waals surface area contributed by atoms with Gasteiger partial charge in [-0.05, 0) is 68.5 Å². The summed E-state index contributed by atoms with van der Waals surface area (Å²) in [5.41, 5.74) is 2.02. The van der Waals surface area contributed by atoms with E-state index in [-0.39, 0.29) is 17.3 Å². The first-order chi connectivity index (χ1) is 15.1. The van der Waals surface area contributed by atoms with Crippen molar-refractivity contribution in [3.63, 3.8) is 0 Å². The number of benzene rings is 2. The van der Waals surface area contributed by atoms with Crippen LogP contribution in [-0.2, 0) is 11.3 Å². The number of hydrogen-bond donors (Lipinski definition) is 1. The van der Waals surface area contributed by atoms with Crippen molar-refractivity contribution in [3.05, 3.63) is 59.4 Å². The molecule has 0 saturated heterocycles. The molecule has 1 atom stereocenters. The fourth-order valence-electron chi connectivity index (χ4n) is 4.51. The van der Waals surface area contributed by atoms with Gasteiger partial charge in [0, 0.05) is 36.0 Å². The van der Waals surface area contributed by atoms with E-state index < -0.39 is 0 Å². The molecule has 1 N–H and O–H groups in total. The maximum absolute atomic E-state index is 13.0. The van der Waals surface area contributed by atoms with E-state index in [0.717, 1.165) is 42.1 Å². The highest BCUT2D eigenvalue weighted by atomic mass is 32.2. The first-order valence-corrected chi connectivity index (χ1v) is 12.2. The summed E-state index contributed by atoms with van der Waals surface area (Å²) < 4.78 is 25.2. The number of fused-ring (bicyclic) bond motifs is 1. The second kappa shape index (κ2) is 9.94. The van der Waals surface area contributed by atoms with Crippen LogP contribution in [-0.4, -0.2) is 23.9 Å². The normalized spacial score (nSPS) is 19.0. The van der Waals surface area contributed by atoms with Crippen LogP contribution in [0.15, 0.2) is 42.5 Å². The lowest BCUT2D eigenvalue weighted by atomic mass is 9.89. The van der Waals surface area contributed by atoms with E-state index in [1.54, 1.807) is 12.1 Å². The summed E-state index contributed by atoms with van der Waals surface area (Å²) in [6, 6.07) is 12.3. The molecule has 4 rings (SSSR count). The molecule has 0 bridgehead atoms. The standard InChI is InChI=1S/C25H30FNO3S/c1-2-29-20-9-10-22-21(15-20)23(16-25(30-22)12-3-4-13-25)31-14-11-24(28)27-17-18-5-7-19(26)8-6-18/h5-10,15,23H,2-4,11-14,16-17H2,1H3,(H,27,28). The Morgan fingerprint density at radius 2 is 2.00 bits per heavy atom. The van der Waals surface area contributed by atoms with Crippen molar-refractivity contribution in [3.8, 4) is 11.5 Å². The first kappa shape index (κ1) is 22.0. The summed E-state index contributed by atoms with van der Waals surface area (Å²) in [6.07, 6.45) is 6.09. The minimum absolute atomic E-state index is 0.0164. The topological polar surface area (TPSA) is 47.6 Å². The van der Waals surface area contributed by atoms with Gasteiger partial charge >= 0.3 is 0 Å². The van der Waals surface area contributed by atoms with Crippen LogP contribution in [0.5, 0.6) is 11.5 Å². The zero-order valence-corrected chi connectivity index (χ0v) is 18.8. The number of ether oxygens (including phenoxy) is 2. The van der Waals surface area contributed by atoms with Gasteiger partial charge in [-0.2, -0.15) is 11.8 Å². The lowest BCUT2D eigenvalue weighted by Crippen LogP contribution is -2.37. The summed E-state index contributed by atoms with van der Waals surface area (Å²) in [4.78, 5) is 12.3. The molecular weight excluding hydrogens is 413 g/mol. The van der Waals surface area contributed by atoms with Gasteiger partial charge in [0.1, 0.15) is 22.9 Å². The Morgan fingerprint density at radius 1 is 1.23 bits per heavy atom. The second-order valence-corrected chi connectivity index (χ2v) is 9.65. The molecular formula is C25H30FNO3S. The Balaban J connectivity index is 1.35. The number of amides is 1. The maximum atomic E-state index is 13.0. The van der Waals surface area contributed by atoms with Crippen LogP contribution in [0.4, 0.5) is 4.39 Å². The van der Waals surface area contributed by atoms with E-state index in [1.165, 1.54) is 30.5 Å². The molecule has 4 nitrogen and oxygen atoms in total. The lowest BCUT2D eigenvalue weighted by molar-refractivity contribution is -0.120. The van der Waals surface area contributed by atoms with Crippen molar-refractivity contribution in [2.45, 2.75) is 62.8 Å². The fraction of sp³-hybridized carbons (Fsp3) is 0.480. The number of halogens is 1. The van der Waals surface area contributed by atoms with Crippen LogP contribution in [0.1, 0.15) is 61.8 Å². The summed E-state index contributed by atoms with van der Waals surface area (Å²) >= 11 is 1.83. The van der Waals surface area contributed by atoms with Gasteiger partial charge in [-0.25, -0.2) is 4.39 Å².